The van der Waals surface area contributed by atoms with E-state index in [4.69, 9.17) is 4.98 Å². The molecule has 0 spiro atoms. The van der Waals surface area contributed by atoms with Crippen LogP contribution in [0.25, 0.3) is 104 Å². The summed E-state index contributed by atoms with van der Waals surface area (Å²) in [4.78, 5) is 19.0. The third-order valence-corrected chi connectivity index (χ3v) is 11.3. The number of para-hydroxylation sites is 2. The first-order chi connectivity index (χ1) is 27.1. The quantitative estimate of drug-likeness (QED) is 0.171. The van der Waals surface area contributed by atoms with E-state index >= 15 is 0 Å². The van der Waals surface area contributed by atoms with Crippen molar-refractivity contribution in [3.05, 3.63) is 192 Å². The highest BCUT2D eigenvalue weighted by Gasteiger charge is 2.21. The van der Waals surface area contributed by atoms with Crippen LogP contribution in [0.1, 0.15) is 0 Å². The predicted octanol–water partition coefficient (Wildman–Crippen LogP) is 12.5. The van der Waals surface area contributed by atoms with Crippen LogP contribution in [0.2, 0.25) is 0 Å². The number of rotatable bonds is 4. The summed E-state index contributed by atoms with van der Waals surface area (Å²) < 4.78 is 3.49. The van der Waals surface area contributed by atoms with Crippen LogP contribution in [0.3, 0.4) is 0 Å². The van der Waals surface area contributed by atoms with Crippen LogP contribution in [0, 0.1) is 0 Å². The van der Waals surface area contributed by atoms with Crippen LogP contribution >= 0.6 is 0 Å². The number of hydrogen-bond acceptors (Lipinski definition) is 2. The number of aromatic nitrogens is 3. The van der Waals surface area contributed by atoms with Crippen molar-refractivity contribution in [3.8, 4) is 44.5 Å². The molecular formula is C51H33N3O. The summed E-state index contributed by atoms with van der Waals surface area (Å²) in [7, 11) is 1.86. The smallest absolute Gasteiger partial charge is 0.296 e. The zero-order valence-corrected chi connectivity index (χ0v) is 30.1. The zero-order valence-electron chi connectivity index (χ0n) is 30.1. The molecule has 55 heavy (non-hydrogen) atoms. The van der Waals surface area contributed by atoms with Gasteiger partial charge in [0.15, 0.2) is 5.65 Å². The Morgan fingerprint density at radius 3 is 1.60 bits per heavy atom. The average Bonchev–Trinajstić information content (AvgIpc) is 3.65. The fraction of sp³-hybridized carbons (Fsp3) is 0.0196. The second-order valence-electron chi connectivity index (χ2n) is 14.4. The molecule has 11 rings (SSSR count). The molecule has 2 aromatic heterocycles. The van der Waals surface area contributed by atoms with Gasteiger partial charge >= 0.3 is 5.69 Å². The van der Waals surface area contributed by atoms with Crippen LogP contribution < -0.4 is 5.69 Å². The number of hydrogen-bond donors (Lipinski definition) is 0. The van der Waals surface area contributed by atoms with Crippen molar-refractivity contribution < 1.29 is 0 Å². The standard InChI is InChI=1S/C51H33N3O/c1-53-47-31-39(24-27-42(47)50-52-45-18-10-11-19-46(45)54(50)51(53)55)49-41-26-23-36(32-12-4-2-5-13-32)29-43(41)48(38-21-20-34-16-8-9-17-35(34)28-38)40-25-22-37(30-44(40)49)33-14-6-3-7-15-33/h2-31H,1H3. The van der Waals surface area contributed by atoms with Gasteiger partial charge in [-0.3, -0.25) is 4.57 Å². The Morgan fingerprint density at radius 2 is 0.927 bits per heavy atom. The van der Waals surface area contributed by atoms with Gasteiger partial charge in [-0.05, 0) is 119 Å². The van der Waals surface area contributed by atoms with E-state index in [2.05, 4.69) is 158 Å². The fourth-order valence-electron chi connectivity index (χ4n) is 8.62. The lowest BCUT2D eigenvalue weighted by molar-refractivity contribution is 0.836. The van der Waals surface area contributed by atoms with Crippen LogP contribution in [0.4, 0.5) is 0 Å². The molecule has 11 aromatic rings. The van der Waals surface area contributed by atoms with E-state index in [0.29, 0.717) is 5.65 Å². The van der Waals surface area contributed by atoms with Gasteiger partial charge in [0, 0.05) is 12.4 Å². The van der Waals surface area contributed by atoms with E-state index in [1.807, 2.05) is 31.3 Å². The number of nitrogens with zero attached hydrogens (tertiary/aromatic N) is 3. The third kappa shape index (κ3) is 4.85. The molecular weight excluding hydrogens is 671 g/mol. The fourth-order valence-corrected chi connectivity index (χ4v) is 8.62. The molecule has 0 saturated heterocycles. The highest BCUT2D eigenvalue weighted by molar-refractivity contribution is 6.23. The van der Waals surface area contributed by atoms with Crippen molar-refractivity contribution in [2.75, 3.05) is 0 Å². The van der Waals surface area contributed by atoms with Crippen molar-refractivity contribution in [2.45, 2.75) is 0 Å². The van der Waals surface area contributed by atoms with E-state index in [1.165, 1.54) is 38.2 Å². The Balaban J connectivity index is 1.28. The van der Waals surface area contributed by atoms with Crippen LogP contribution in [0.15, 0.2) is 187 Å². The minimum Gasteiger partial charge on any atom is -0.296 e. The van der Waals surface area contributed by atoms with Crippen molar-refractivity contribution in [2.24, 2.45) is 7.05 Å². The molecule has 0 fully saturated rings. The normalized spacial score (nSPS) is 11.8. The van der Waals surface area contributed by atoms with Gasteiger partial charge in [-0.15, -0.1) is 0 Å². The van der Waals surface area contributed by atoms with E-state index in [9.17, 15) is 4.79 Å². The van der Waals surface area contributed by atoms with Gasteiger partial charge in [0.05, 0.1) is 16.6 Å². The second-order valence-corrected chi connectivity index (χ2v) is 14.4. The first-order valence-corrected chi connectivity index (χ1v) is 18.6. The maximum absolute atomic E-state index is 14.0. The van der Waals surface area contributed by atoms with Gasteiger partial charge in [-0.1, -0.05) is 140 Å². The number of benzene rings is 9. The maximum Gasteiger partial charge on any atom is 0.334 e. The minimum absolute atomic E-state index is 0.117. The second kappa shape index (κ2) is 12.1. The molecule has 4 nitrogen and oxygen atoms in total. The third-order valence-electron chi connectivity index (χ3n) is 11.3. The summed E-state index contributed by atoms with van der Waals surface area (Å²) in [5, 5.41) is 8.01. The largest absolute Gasteiger partial charge is 0.334 e. The lowest BCUT2D eigenvalue weighted by Gasteiger charge is -2.20. The highest BCUT2D eigenvalue weighted by atomic mass is 16.1. The van der Waals surface area contributed by atoms with E-state index in [1.54, 1.807) is 8.97 Å². The number of imidazole rings is 1. The Morgan fingerprint density at radius 1 is 0.400 bits per heavy atom. The lowest BCUT2D eigenvalue weighted by atomic mass is 9.83. The topological polar surface area (TPSA) is 39.3 Å². The SMILES string of the molecule is Cn1c(=O)n2c3ccccc3nc2c2ccc(-c3c4ccc(-c5ccccc5)cc4c(-c4ccc5ccccc5c4)c4ccc(-c5ccccc5)cc34)cc21. The Kier molecular flexibility index (Phi) is 6.89. The summed E-state index contributed by atoms with van der Waals surface area (Å²) in [5.74, 6) is 0. The first-order valence-electron chi connectivity index (χ1n) is 18.6. The first kappa shape index (κ1) is 31.2. The Labute approximate surface area is 316 Å². The van der Waals surface area contributed by atoms with Gasteiger partial charge in [-0.25, -0.2) is 14.2 Å². The molecule has 258 valence electrons. The molecule has 0 N–H and O–H groups in total. The summed E-state index contributed by atoms with van der Waals surface area (Å²) in [6.07, 6.45) is 0. The van der Waals surface area contributed by atoms with Crippen molar-refractivity contribution in [1.29, 1.82) is 0 Å². The number of aryl methyl sites for hydroxylation is 1. The van der Waals surface area contributed by atoms with Gasteiger partial charge in [-0.2, -0.15) is 0 Å². The van der Waals surface area contributed by atoms with Gasteiger partial charge in [0.25, 0.3) is 0 Å². The molecule has 0 bridgehead atoms. The Hall–Kier alpha value is -7.30. The van der Waals surface area contributed by atoms with Crippen LogP contribution in [0.5, 0.6) is 0 Å². The lowest BCUT2D eigenvalue weighted by Crippen LogP contribution is -2.24. The summed E-state index contributed by atoms with van der Waals surface area (Å²) in [6, 6.07) is 64.8. The van der Waals surface area contributed by atoms with Gasteiger partial charge < -0.3 is 0 Å². The molecule has 0 amide bonds. The Bertz CT molecular complexity index is 3400. The molecule has 9 aromatic carbocycles. The maximum atomic E-state index is 14.0. The molecule has 0 aliphatic heterocycles. The minimum atomic E-state index is -0.117. The molecule has 0 radical (unpaired) electrons. The van der Waals surface area contributed by atoms with Crippen LogP contribution in [-0.4, -0.2) is 14.0 Å². The molecule has 0 unspecified atom stereocenters. The van der Waals surface area contributed by atoms with E-state index in [0.717, 1.165) is 60.5 Å². The molecule has 0 atom stereocenters. The molecule has 4 heteroatoms. The van der Waals surface area contributed by atoms with Crippen molar-refractivity contribution in [1.82, 2.24) is 14.0 Å². The summed E-state index contributed by atoms with van der Waals surface area (Å²) in [5.41, 5.74) is 12.2. The van der Waals surface area contributed by atoms with Gasteiger partial charge in [0.1, 0.15) is 0 Å². The van der Waals surface area contributed by atoms with Crippen LogP contribution in [-0.2, 0) is 7.05 Å². The monoisotopic (exact) mass is 703 g/mol. The van der Waals surface area contributed by atoms with E-state index in [-0.39, 0.29) is 5.69 Å². The molecule has 2 heterocycles. The molecule has 0 aliphatic carbocycles. The van der Waals surface area contributed by atoms with E-state index < -0.39 is 0 Å². The van der Waals surface area contributed by atoms with Gasteiger partial charge in [0.2, 0.25) is 0 Å². The molecule has 0 aliphatic rings. The highest BCUT2D eigenvalue weighted by Crippen LogP contribution is 2.47. The van der Waals surface area contributed by atoms with Crippen molar-refractivity contribution >= 4 is 59.9 Å². The number of fused-ring (bicyclic) bond motifs is 8. The van der Waals surface area contributed by atoms with Crippen molar-refractivity contribution in [3.63, 3.8) is 0 Å². The zero-order chi connectivity index (χ0) is 36.6. The molecule has 0 saturated carbocycles. The summed E-state index contributed by atoms with van der Waals surface area (Å²) in [6.45, 7) is 0. The average molecular weight is 704 g/mol. The predicted molar refractivity (Wildman–Crippen MR) is 230 cm³/mol. The summed E-state index contributed by atoms with van der Waals surface area (Å²) >= 11 is 0.